The van der Waals surface area contributed by atoms with Crippen molar-refractivity contribution in [2.75, 3.05) is 23.3 Å². The van der Waals surface area contributed by atoms with E-state index in [4.69, 9.17) is 33.3 Å². The van der Waals surface area contributed by atoms with Gasteiger partial charge in [0, 0.05) is 66.6 Å². The maximum absolute atomic E-state index is 13.6. The van der Waals surface area contributed by atoms with Gasteiger partial charge in [-0.25, -0.2) is 15.0 Å². The minimum absolute atomic E-state index is 0.318. The Hall–Kier alpha value is -3.89. The monoisotopic (exact) mass is 575 g/mol. The number of amides is 1. The molecule has 6 heterocycles. The second kappa shape index (κ2) is 10.3. The molecule has 1 aromatic carbocycles. The van der Waals surface area contributed by atoms with Gasteiger partial charge in [-0.15, -0.1) is 0 Å². The fourth-order valence-corrected chi connectivity index (χ4v) is 6.29. The number of carbonyl (C=O) groups excluding carboxylic acids is 1. The van der Waals surface area contributed by atoms with E-state index in [1.807, 2.05) is 24.4 Å². The van der Waals surface area contributed by atoms with Gasteiger partial charge in [-0.1, -0.05) is 23.2 Å². The second-order valence-corrected chi connectivity index (χ2v) is 11.0. The Morgan fingerprint density at radius 1 is 1.05 bits per heavy atom. The van der Waals surface area contributed by atoms with Crippen molar-refractivity contribution in [3.05, 3.63) is 70.7 Å². The lowest BCUT2D eigenvalue weighted by Crippen LogP contribution is -2.29. The fraction of sp³-hybridized carbons (Fsp3) is 0.321. The number of nitrogens with zero attached hydrogens (tertiary/aromatic N) is 7. The van der Waals surface area contributed by atoms with E-state index in [0.29, 0.717) is 32.6 Å². The van der Waals surface area contributed by atoms with Crippen molar-refractivity contribution in [3.8, 4) is 11.1 Å². The zero-order chi connectivity index (χ0) is 27.2. The van der Waals surface area contributed by atoms with Crippen LogP contribution in [0.25, 0.3) is 22.0 Å². The molecule has 2 N–H and O–H groups in total. The van der Waals surface area contributed by atoms with Crippen LogP contribution in [0.3, 0.4) is 0 Å². The first-order valence-corrected chi connectivity index (χ1v) is 14.2. The fourth-order valence-electron chi connectivity index (χ4n) is 5.74. The van der Waals surface area contributed by atoms with Crippen LogP contribution in [0.15, 0.2) is 49.3 Å². The summed E-state index contributed by atoms with van der Waals surface area (Å²) in [7, 11) is 0. The Morgan fingerprint density at radius 2 is 1.93 bits per heavy atom. The summed E-state index contributed by atoms with van der Waals surface area (Å²) < 4.78 is 3.69. The van der Waals surface area contributed by atoms with Gasteiger partial charge in [-0.2, -0.15) is 5.10 Å². The van der Waals surface area contributed by atoms with E-state index in [2.05, 4.69) is 29.7 Å². The molecular formula is C28H27Cl2N9O. The first kappa shape index (κ1) is 25.1. The molecule has 1 atom stereocenters. The first-order valence-electron chi connectivity index (χ1n) is 13.5. The molecule has 5 aromatic rings. The van der Waals surface area contributed by atoms with E-state index in [-0.39, 0.29) is 5.91 Å². The number of pyridine rings is 1. The van der Waals surface area contributed by atoms with Crippen molar-refractivity contribution in [2.45, 2.75) is 44.7 Å². The van der Waals surface area contributed by atoms with Crippen LogP contribution >= 0.6 is 23.2 Å². The van der Waals surface area contributed by atoms with Gasteiger partial charge < -0.3 is 14.5 Å². The molecule has 1 saturated heterocycles. The quantitative estimate of drug-likeness (QED) is 0.277. The van der Waals surface area contributed by atoms with Gasteiger partial charge in [0.2, 0.25) is 5.95 Å². The topological polar surface area (TPSA) is 110 Å². The largest absolute Gasteiger partial charge is 0.357 e. The number of carbonyl (C=O) groups is 1. The van der Waals surface area contributed by atoms with Crippen LogP contribution < -0.4 is 10.2 Å². The zero-order valence-corrected chi connectivity index (χ0v) is 23.2. The minimum atomic E-state index is -0.840. The zero-order valence-electron chi connectivity index (χ0n) is 21.6. The SMILES string of the molecule is O=C(Nc1ncc[nH]1)C(c1ncn2c1CCC2)n1cc2c(Cl)cc(-c3ccc(N4CCCCC4)nc3)c(Cl)c2n1. The highest BCUT2D eigenvalue weighted by Crippen LogP contribution is 2.39. The molecule has 4 aromatic heterocycles. The normalized spacial score (nSPS) is 15.9. The van der Waals surface area contributed by atoms with E-state index >= 15 is 0 Å². The highest BCUT2D eigenvalue weighted by Gasteiger charge is 2.32. The van der Waals surface area contributed by atoms with Crippen LogP contribution in [0.1, 0.15) is 43.1 Å². The van der Waals surface area contributed by atoms with Crippen molar-refractivity contribution >= 4 is 51.8 Å². The molecule has 2 aliphatic heterocycles. The van der Waals surface area contributed by atoms with Gasteiger partial charge in [0.05, 0.1) is 22.1 Å². The molecule has 10 nitrogen and oxygen atoms in total. The van der Waals surface area contributed by atoms with Gasteiger partial charge in [0.25, 0.3) is 5.91 Å². The predicted octanol–water partition coefficient (Wildman–Crippen LogP) is 5.49. The van der Waals surface area contributed by atoms with E-state index in [9.17, 15) is 4.79 Å². The minimum Gasteiger partial charge on any atom is -0.357 e. The van der Waals surface area contributed by atoms with Gasteiger partial charge in [-0.05, 0) is 50.3 Å². The summed E-state index contributed by atoms with van der Waals surface area (Å²) >= 11 is 13.8. The van der Waals surface area contributed by atoms with Crippen LogP contribution in [0.2, 0.25) is 10.0 Å². The average molecular weight is 576 g/mol. The van der Waals surface area contributed by atoms with Crippen molar-refractivity contribution in [3.63, 3.8) is 0 Å². The van der Waals surface area contributed by atoms with Crippen molar-refractivity contribution in [1.82, 2.24) is 34.3 Å². The number of fused-ring (bicyclic) bond motifs is 2. The molecule has 1 unspecified atom stereocenters. The third-order valence-corrected chi connectivity index (χ3v) is 8.44. The molecule has 0 spiro atoms. The van der Waals surface area contributed by atoms with Crippen LogP contribution in [0.4, 0.5) is 11.8 Å². The first-order chi connectivity index (χ1) is 19.6. The number of imidazole rings is 2. The van der Waals surface area contributed by atoms with Crippen molar-refractivity contribution in [1.29, 1.82) is 0 Å². The van der Waals surface area contributed by atoms with Crippen LogP contribution in [0, 0.1) is 0 Å². The lowest BCUT2D eigenvalue weighted by Gasteiger charge is -2.27. The Morgan fingerprint density at radius 3 is 2.70 bits per heavy atom. The number of aromatic nitrogens is 7. The average Bonchev–Trinajstić information content (AvgIpc) is 3.78. The lowest BCUT2D eigenvalue weighted by atomic mass is 10.1. The Bertz CT molecular complexity index is 1690. The number of rotatable bonds is 6. The third kappa shape index (κ3) is 4.41. The summed E-state index contributed by atoms with van der Waals surface area (Å²) in [6, 6.07) is 5.04. The molecule has 0 bridgehead atoms. The predicted molar refractivity (Wildman–Crippen MR) is 155 cm³/mol. The lowest BCUT2D eigenvalue weighted by molar-refractivity contribution is -0.118. The summed E-state index contributed by atoms with van der Waals surface area (Å²) in [6.45, 7) is 2.93. The number of halogens is 2. The summed E-state index contributed by atoms with van der Waals surface area (Å²) in [6.07, 6.45) is 14.1. The number of nitrogens with one attached hydrogen (secondary N) is 2. The Balaban J connectivity index is 1.28. The van der Waals surface area contributed by atoms with Crippen molar-refractivity contribution in [2.24, 2.45) is 0 Å². The van der Waals surface area contributed by atoms with E-state index in [1.165, 1.54) is 19.3 Å². The summed E-state index contributed by atoms with van der Waals surface area (Å²) in [5, 5.41) is 9.25. The number of aryl methyl sites for hydroxylation is 1. The van der Waals surface area contributed by atoms with Crippen molar-refractivity contribution < 1.29 is 4.79 Å². The van der Waals surface area contributed by atoms with Gasteiger partial charge in [-0.3, -0.25) is 14.8 Å². The van der Waals surface area contributed by atoms with Gasteiger partial charge in [0.1, 0.15) is 11.3 Å². The van der Waals surface area contributed by atoms with E-state index < -0.39 is 6.04 Å². The molecule has 0 saturated carbocycles. The van der Waals surface area contributed by atoms with Gasteiger partial charge >= 0.3 is 0 Å². The summed E-state index contributed by atoms with van der Waals surface area (Å²) in [5.74, 6) is 0.997. The van der Waals surface area contributed by atoms with Crippen LogP contribution in [0.5, 0.6) is 0 Å². The molecule has 0 radical (unpaired) electrons. The molecule has 2 aliphatic rings. The maximum Gasteiger partial charge on any atom is 0.257 e. The molecule has 40 heavy (non-hydrogen) atoms. The molecule has 204 valence electrons. The number of benzene rings is 1. The molecule has 1 fully saturated rings. The molecular weight excluding hydrogens is 549 g/mol. The summed E-state index contributed by atoms with van der Waals surface area (Å²) in [4.78, 5) is 32.4. The number of hydrogen-bond acceptors (Lipinski definition) is 6. The van der Waals surface area contributed by atoms with Gasteiger partial charge in [0.15, 0.2) is 6.04 Å². The number of anilines is 2. The molecule has 0 aliphatic carbocycles. The van der Waals surface area contributed by atoms with E-state index in [0.717, 1.165) is 55.1 Å². The van der Waals surface area contributed by atoms with E-state index in [1.54, 1.807) is 29.6 Å². The second-order valence-electron chi connectivity index (χ2n) is 10.2. The maximum atomic E-state index is 13.6. The highest BCUT2D eigenvalue weighted by atomic mass is 35.5. The molecule has 1 amide bonds. The Labute approximate surface area is 240 Å². The highest BCUT2D eigenvalue weighted by molar-refractivity contribution is 6.42. The third-order valence-electron chi connectivity index (χ3n) is 7.75. The van der Waals surface area contributed by atoms with Crippen LogP contribution in [-0.4, -0.2) is 53.3 Å². The number of aromatic amines is 1. The smallest absolute Gasteiger partial charge is 0.257 e. The summed E-state index contributed by atoms with van der Waals surface area (Å²) in [5.41, 5.74) is 3.77. The number of piperidine rings is 1. The molecule has 12 heteroatoms. The standard InChI is InChI=1S/C28H27Cl2N9O/c29-20-13-18(17-6-7-22(33-14-17)37-10-2-1-3-11-37)23(30)24-19(20)15-39(36-24)26(27(40)35-28-31-8-9-32-28)25-21-5-4-12-38(21)16-34-25/h6-9,13-16,26H,1-5,10-12H2,(H2,31,32,35,40). The Kier molecular flexibility index (Phi) is 6.44. The molecule has 7 rings (SSSR count). The number of hydrogen-bond donors (Lipinski definition) is 2. The van der Waals surface area contributed by atoms with Crippen LogP contribution in [-0.2, 0) is 17.8 Å². The number of H-pyrrole nitrogens is 1.